The Kier molecular flexibility index (Phi) is 4.94. The third-order valence-corrected chi connectivity index (χ3v) is 6.11. The molecule has 1 heterocycles. The molecule has 2 aromatic carbocycles. The van der Waals surface area contributed by atoms with Crippen LogP contribution in [0.5, 0.6) is 5.75 Å². The molecule has 4 rings (SSSR count). The Morgan fingerprint density at radius 3 is 2.55 bits per heavy atom. The van der Waals surface area contributed by atoms with Gasteiger partial charge >= 0.3 is 0 Å². The molecule has 1 aliphatic carbocycles. The quantitative estimate of drug-likeness (QED) is 0.811. The Bertz CT molecular complexity index is 954. The molecule has 0 aromatic heterocycles. The van der Waals surface area contributed by atoms with Crippen molar-refractivity contribution in [3.05, 3.63) is 53.6 Å². The fourth-order valence-electron chi connectivity index (χ4n) is 4.61. The Hall–Kier alpha value is -3.02. The minimum absolute atomic E-state index is 0.0293. The third kappa shape index (κ3) is 3.55. The Morgan fingerprint density at radius 1 is 1.17 bits per heavy atom. The van der Waals surface area contributed by atoms with Gasteiger partial charge in [-0.1, -0.05) is 13.0 Å². The second kappa shape index (κ2) is 7.43. The molecule has 0 unspecified atom stereocenters. The number of fused-ring (bicyclic) bond motifs is 1. The highest BCUT2D eigenvalue weighted by Crippen LogP contribution is 2.50. The van der Waals surface area contributed by atoms with E-state index in [1.165, 1.54) is 0 Å². The molecule has 2 amide bonds. The minimum Gasteiger partial charge on any atom is -0.497 e. The van der Waals surface area contributed by atoms with Crippen LogP contribution in [0.1, 0.15) is 48.7 Å². The van der Waals surface area contributed by atoms with Crippen molar-refractivity contribution in [1.82, 2.24) is 0 Å². The lowest BCUT2D eigenvalue weighted by atomic mass is 9.79. The van der Waals surface area contributed by atoms with Crippen LogP contribution < -0.4 is 20.7 Å². The number of hydrogen-bond donors (Lipinski definition) is 2. The molecule has 1 aliphatic heterocycles. The number of amides is 2. The number of nitrogens with one attached hydrogen (secondary N) is 1. The van der Waals surface area contributed by atoms with E-state index < -0.39 is 5.91 Å². The molecule has 3 atom stereocenters. The lowest BCUT2D eigenvalue weighted by molar-refractivity contribution is -0.117. The van der Waals surface area contributed by atoms with Crippen LogP contribution in [-0.4, -0.2) is 25.0 Å². The van der Waals surface area contributed by atoms with Gasteiger partial charge in [0.15, 0.2) is 0 Å². The second-order valence-corrected chi connectivity index (χ2v) is 8.07. The van der Waals surface area contributed by atoms with Crippen LogP contribution >= 0.6 is 0 Å². The van der Waals surface area contributed by atoms with Crippen LogP contribution in [0.2, 0.25) is 0 Å². The topological polar surface area (TPSA) is 84.7 Å². The fraction of sp³-hybridized carbons (Fsp3) is 0.391. The summed E-state index contributed by atoms with van der Waals surface area (Å²) < 4.78 is 5.35. The van der Waals surface area contributed by atoms with Gasteiger partial charge in [-0.25, -0.2) is 0 Å². The number of carbonyl (C=O) groups excluding carboxylic acids is 2. The van der Waals surface area contributed by atoms with Crippen molar-refractivity contribution in [2.45, 2.75) is 38.8 Å². The van der Waals surface area contributed by atoms with E-state index in [1.807, 2.05) is 41.3 Å². The number of nitrogens with two attached hydrogens (primary N) is 1. The predicted molar refractivity (Wildman–Crippen MR) is 113 cm³/mol. The van der Waals surface area contributed by atoms with Crippen LogP contribution in [-0.2, 0) is 4.79 Å². The van der Waals surface area contributed by atoms with Gasteiger partial charge in [0.1, 0.15) is 5.75 Å². The number of benzene rings is 2. The van der Waals surface area contributed by atoms with Crippen LogP contribution in [0.15, 0.2) is 42.5 Å². The number of carbonyl (C=O) groups is 2. The second-order valence-electron chi connectivity index (χ2n) is 8.07. The van der Waals surface area contributed by atoms with E-state index >= 15 is 0 Å². The van der Waals surface area contributed by atoms with E-state index in [2.05, 4.69) is 12.2 Å². The average molecular weight is 393 g/mol. The van der Waals surface area contributed by atoms with Gasteiger partial charge in [-0.15, -0.1) is 0 Å². The maximum Gasteiger partial charge on any atom is 0.248 e. The highest BCUT2D eigenvalue weighted by Gasteiger charge is 2.47. The van der Waals surface area contributed by atoms with Crippen molar-refractivity contribution in [1.29, 1.82) is 0 Å². The fourth-order valence-corrected chi connectivity index (χ4v) is 4.61. The van der Waals surface area contributed by atoms with Crippen molar-refractivity contribution in [3.8, 4) is 5.75 Å². The summed E-state index contributed by atoms with van der Waals surface area (Å²) in [6.45, 7) is 3.79. The first-order valence-electron chi connectivity index (χ1n) is 10.0. The van der Waals surface area contributed by atoms with E-state index in [0.29, 0.717) is 11.5 Å². The van der Waals surface area contributed by atoms with Gasteiger partial charge in [0.05, 0.1) is 13.2 Å². The normalized spacial score (nSPS) is 23.3. The SMILES string of the molecule is COc1cccc(N[C@H]2c3cc(C(N)=O)ccc3N(C(C)=O)[C@@H](C3CC3)[C@@H]2C)c1. The molecule has 3 N–H and O–H groups in total. The molecule has 0 bridgehead atoms. The van der Waals surface area contributed by atoms with Crippen molar-refractivity contribution < 1.29 is 14.3 Å². The van der Waals surface area contributed by atoms with E-state index in [0.717, 1.165) is 35.5 Å². The first-order valence-corrected chi connectivity index (χ1v) is 10.0. The standard InChI is InChI=1S/C23H27N3O3/c1-13-21(25-17-5-4-6-18(12-17)29-3)19-11-16(23(24)28)9-10-20(19)26(14(2)27)22(13)15-7-8-15/h4-6,9-13,15,21-22,25H,7-8H2,1-3H3,(H2,24,28)/t13-,21-,22-/m1/s1. The summed E-state index contributed by atoms with van der Waals surface area (Å²) in [7, 11) is 1.64. The number of rotatable bonds is 5. The molecule has 1 saturated carbocycles. The summed E-state index contributed by atoms with van der Waals surface area (Å²) in [6, 6.07) is 13.3. The monoisotopic (exact) mass is 393 g/mol. The molecule has 29 heavy (non-hydrogen) atoms. The molecular weight excluding hydrogens is 366 g/mol. The molecule has 0 saturated heterocycles. The summed E-state index contributed by atoms with van der Waals surface area (Å²) in [5.41, 5.74) is 8.70. The Morgan fingerprint density at radius 2 is 1.93 bits per heavy atom. The maximum absolute atomic E-state index is 12.6. The Labute approximate surface area is 171 Å². The first kappa shape index (κ1) is 19.3. The van der Waals surface area contributed by atoms with Crippen LogP contribution in [0.4, 0.5) is 11.4 Å². The molecule has 1 fully saturated rings. The molecule has 6 heteroatoms. The summed E-state index contributed by atoms with van der Waals surface area (Å²) in [5, 5.41) is 3.63. The van der Waals surface area contributed by atoms with Crippen molar-refractivity contribution in [2.24, 2.45) is 17.6 Å². The lowest BCUT2D eigenvalue weighted by Crippen LogP contribution is -2.51. The minimum atomic E-state index is -0.473. The van der Waals surface area contributed by atoms with Crippen molar-refractivity contribution >= 4 is 23.2 Å². The molecule has 2 aliphatic rings. The number of nitrogens with zero attached hydrogens (tertiary/aromatic N) is 1. The average Bonchev–Trinajstić information content (AvgIpc) is 3.54. The van der Waals surface area contributed by atoms with E-state index in [1.54, 1.807) is 20.1 Å². The number of methoxy groups -OCH3 is 1. The van der Waals surface area contributed by atoms with Gasteiger partial charge in [0.2, 0.25) is 11.8 Å². The lowest BCUT2D eigenvalue weighted by Gasteiger charge is -2.46. The summed E-state index contributed by atoms with van der Waals surface area (Å²) >= 11 is 0. The number of primary amides is 1. The summed E-state index contributed by atoms with van der Waals surface area (Å²) in [5.74, 6) is 0.996. The van der Waals surface area contributed by atoms with Gasteiger partial charge in [0, 0.05) is 41.9 Å². The highest BCUT2D eigenvalue weighted by molar-refractivity contribution is 5.97. The molecule has 0 spiro atoms. The van der Waals surface area contributed by atoms with Crippen molar-refractivity contribution in [2.75, 3.05) is 17.3 Å². The summed E-state index contributed by atoms with van der Waals surface area (Å²) in [6.07, 6.45) is 2.28. The zero-order valence-electron chi connectivity index (χ0n) is 17.0. The van der Waals surface area contributed by atoms with E-state index in [-0.39, 0.29) is 23.9 Å². The van der Waals surface area contributed by atoms with Crippen molar-refractivity contribution in [3.63, 3.8) is 0 Å². The Balaban J connectivity index is 1.82. The largest absolute Gasteiger partial charge is 0.497 e. The molecule has 0 radical (unpaired) electrons. The smallest absolute Gasteiger partial charge is 0.248 e. The maximum atomic E-state index is 12.6. The molecule has 6 nitrogen and oxygen atoms in total. The number of anilines is 2. The number of ether oxygens (including phenoxy) is 1. The molecule has 152 valence electrons. The van der Waals surface area contributed by atoms with Gasteiger partial charge in [-0.05, 0) is 54.7 Å². The van der Waals surface area contributed by atoms with E-state index in [4.69, 9.17) is 10.5 Å². The first-order chi connectivity index (χ1) is 13.9. The summed E-state index contributed by atoms with van der Waals surface area (Å²) in [4.78, 5) is 26.4. The van der Waals surface area contributed by atoms with Gasteiger partial charge < -0.3 is 20.7 Å². The van der Waals surface area contributed by atoms with Gasteiger partial charge in [0.25, 0.3) is 0 Å². The zero-order valence-corrected chi connectivity index (χ0v) is 17.0. The van der Waals surface area contributed by atoms with Crippen LogP contribution in [0.25, 0.3) is 0 Å². The molecular formula is C23H27N3O3. The van der Waals surface area contributed by atoms with E-state index in [9.17, 15) is 9.59 Å². The number of hydrogen-bond acceptors (Lipinski definition) is 4. The zero-order chi connectivity index (χ0) is 20.7. The van der Waals surface area contributed by atoms with Crippen LogP contribution in [0.3, 0.4) is 0 Å². The van der Waals surface area contributed by atoms with Crippen LogP contribution in [0, 0.1) is 11.8 Å². The van der Waals surface area contributed by atoms with Gasteiger partial charge in [-0.3, -0.25) is 9.59 Å². The molecule has 2 aromatic rings. The van der Waals surface area contributed by atoms with Gasteiger partial charge in [-0.2, -0.15) is 0 Å². The highest BCUT2D eigenvalue weighted by atomic mass is 16.5. The predicted octanol–water partition coefficient (Wildman–Crippen LogP) is 3.73. The third-order valence-electron chi connectivity index (χ3n) is 6.11.